The second-order valence-corrected chi connectivity index (χ2v) is 9.17. The highest BCUT2D eigenvalue weighted by molar-refractivity contribution is 6.31. The molecule has 10 heteroatoms. The number of H-pyrrole nitrogens is 1. The van der Waals surface area contributed by atoms with Crippen LogP contribution in [0.15, 0.2) is 29.1 Å². The minimum Gasteiger partial charge on any atom is -0.480 e. The topological polar surface area (TPSA) is 133 Å². The molecule has 35 heavy (non-hydrogen) atoms. The minimum absolute atomic E-state index is 0.141. The Morgan fingerprint density at radius 3 is 2.66 bits per heavy atom. The number of hydrogen-bond donors (Lipinski definition) is 4. The summed E-state index contributed by atoms with van der Waals surface area (Å²) in [5, 5.41) is 15.6. The molecule has 0 bridgehead atoms. The van der Waals surface area contributed by atoms with Crippen molar-refractivity contribution in [2.45, 2.75) is 63.3 Å². The summed E-state index contributed by atoms with van der Waals surface area (Å²) < 4.78 is 5.62. The Labute approximate surface area is 209 Å². The van der Waals surface area contributed by atoms with Gasteiger partial charge in [-0.15, -0.1) is 0 Å². The molecule has 0 radical (unpaired) electrons. The van der Waals surface area contributed by atoms with Crippen LogP contribution in [-0.4, -0.2) is 53.3 Å². The Morgan fingerprint density at radius 2 is 2.00 bits per heavy atom. The van der Waals surface area contributed by atoms with Gasteiger partial charge in [0, 0.05) is 38.4 Å². The van der Waals surface area contributed by atoms with Gasteiger partial charge in [-0.3, -0.25) is 9.59 Å². The first-order valence-electron chi connectivity index (χ1n) is 12.0. The van der Waals surface area contributed by atoms with Crippen molar-refractivity contribution in [3.63, 3.8) is 0 Å². The summed E-state index contributed by atoms with van der Waals surface area (Å²) in [6.45, 7) is 2.80. The zero-order valence-electron chi connectivity index (χ0n) is 20.2. The molecule has 1 aliphatic rings. The van der Waals surface area contributed by atoms with Crippen LogP contribution in [0.3, 0.4) is 0 Å². The van der Waals surface area contributed by atoms with Crippen LogP contribution in [-0.2, 0) is 32.6 Å². The van der Waals surface area contributed by atoms with Crippen molar-refractivity contribution in [1.29, 1.82) is 0 Å². The largest absolute Gasteiger partial charge is 0.480 e. The van der Waals surface area contributed by atoms with Gasteiger partial charge in [0.15, 0.2) is 0 Å². The molecule has 4 N–H and O–H groups in total. The molecule has 190 valence electrons. The normalized spacial score (nSPS) is 14.8. The number of pyridine rings is 2. The van der Waals surface area contributed by atoms with Gasteiger partial charge in [-0.25, -0.2) is 9.78 Å². The summed E-state index contributed by atoms with van der Waals surface area (Å²) in [4.78, 5) is 43.5. The van der Waals surface area contributed by atoms with Crippen molar-refractivity contribution in [3.05, 3.63) is 56.6 Å². The van der Waals surface area contributed by atoms with Crippen LogP contribution in [0.4, 0.5) is 5.82 Å². The van der Waals surface area contributed by atoms with Crippen molar-refractivity contribution in [2.24, 2.45) is 0 Å². The first-order valence-corrected chi connectivity index (χ1v) is 12.4. The predicted octanol–water partition coefficient (Wildman–Crippen LogP) is 3.06. The van der Waals surface area contributed by atoms with E-state index in [1.807, 2.05) is 13.1 Å². The molecule has 1 unspecified atom stereocenters. The van der Waals surface area contributed by atoms with Crippen molar-refractivity contribution in [2.75, 3.05) is 25.6 Å². The van der Waals surface area contributed by atoms with E-state index in [0.717, 1.165) is 37.2 Å². The van der Waals surface area contributed by atoms with Gasteiger partial charge in [0.25, 0.3) is 0 Å². The molecule has 2 aromatic heterocycles. The van der Waals surface area contributed by atoms with Gasteiger partial charge >= 0.3 is 5.97 Å². The molecule has 0 aliphatic heterocycles. The molecule has 2 aromatic rings. The lowest BCUT2D eigenvalue weighted by atomic mass is 9.99. The van der Waals surface area contributed by atoms with Gasteiger partial charge in [-0.05, 0) is 56.2 Å². The van der Waals surface area contributed by atoms with Crippen LogP contribution in [0.5, 0.6) is 0 Å². The van der Waals surface area contributed by atoms with E-state index in [0.29, 0.717) is 25.1 Å². The highest BCUT2D eigenvalue weighted by Gasteiger charge is 2.54. The fraction of sp³-hybridized carbons (Fsp3) is 0.520. The number of anilines is 1. The highest BCUT2D eigenvalue weighted by Crippen LogP contribution is 2.49. The maximum Gasteiger partial charge on any atom is 0.326 e. The molecule has 2 heterocycles. The number of aromatic nitrogens is 2. The summed E-state index contributed by atoms with van der Waals surface area (Å²) in [5.41, 5.74) is 1.21. The molecule has 0 saturated heterocycles. The van der Waals surface area contributed by atoms with Crippen LogP contribution >= 0.6 is 11.6 Å². The molecule has 0 spiro atoms. The van der Waals surface area contributed by atoms with Crippen molar-refractivity contribution in [3.8, 4) is 0 Å². The minimum atomic E-state index is -1.13. The lowest BCUT2D eigenvalue weighted by Crippen LogP contribution is -2.46. The zero-order chi connectivity index (χ0) is 25.4. The van der Waals surface area contributed by atoms with E-state index < -0.39 is 23.3 Å². The fourth-order valence-electron chi connectivity index (χ4n) is 4.06. The van der Waals surface area contributed by atoms with E-state index in [4.69, 9.17) is 16.3 Å². The van der Waals surface area contributed by atoms with E-state index in [1.165, 1.54) is 17.7 Å². The Morgan fingerprint density at radius 1 is 1.23 bits per heavy atom. The number of aliphatic carboxylic acids is 1. The molecule has 1 amide bonds. The number of unbranched alkanes of at least 4 members (excludes halogenated alkanes) is 1. The number of nitrogens with one attached hydrogen (secondary N) is 3. The van der Waals surface area contributed by atoms with Crippen LogP contribution in [0, 0.1) is 0 Å². The van der Waals surface area contributed by atoms with E-state index in [2.05, 4.69) is 33.6 Å². The number of amides is 1. The summed E-state index contributed by atoms with van der Waals surface area (Å²) in [7, 11) is 1.87. The van der Waals surface area contributed by atoms with Gasteiger partial charge in [-0.1, -0.05) is 24.6 Å². The smallest absolute Gasteiger partial charge is 0.326 e. The lowest BCUT2D eigenvalue weighted by molar-refractivity contribution is -0.142. The van der Waals surface area contributed by atoms with Crippen LogP contribution < -0.4 is 16.2 Å². The Kier molecular flexibility index (Phi) is 9.28. The quantitative estimate of drug-likeness (QED) is 0.290. The Balaban J connectivity index is 1.41. The first kappa shape index (κ1) is 26.7. The molecule has 1 fully saturated rings. The monoisotopic (exact) mass is 504 g/mol. The third kappa shape index (κ3) is 6.82. The van der Waals surface area contributed by atoms with Gasteiger partial charge < -0.3 is 25.5 Å². The standard InChI is InChI=1S/C25H33ClN4O5/c1-3-16-7-8-17(28-22(16)27-2)6-4-5-14-35-15-11-19(23(32)33)29-24(34)25(12-13-25)21-18(26)9-10-20(31)30-21/h7-10,19H,3-6,11-15H2,1-2H3,(H,27,28)(H,29,34)(H,30,31)(H,32,33). The van der Waals surface area contributed by atoms with Crippen molar-refractivity contribution < 1.29 is 19.4 Å². The van der Waals surface area contributed by atoms with Gasteiger partial charge in [0.05, 0.1) is 16.1 Å². The molecular formula is C25H33ClN4O5. The average Bonchev–Trinajstić information content (AvgIpc) is 3.65. The summed E-state index contributed by atoms with van der Waals surface area (Å²) in [6, 6.07) is 5.79. The number of aryl methyl sites for hydroxylation is 2. The first-order chi connectivity index (χ1) is 16.8. The second-order valence-electron chi connectivity index (χ2n) is 8.76. The highest BCUT2D eigenvalue weighted by atomic mass is 35.5. The van der Waals surface area contributed by atoms with E-state index in [1.54, 1.807) is 0 Å². The van der Waals surface area contributed by atoms with E-state index >= 15 is 0 Å². The fourth-order valence-corrected chi connectivity index (χ4v) is 4.35. The SMILES string of the molecule is CCc1ccc(CCCCOCCC(NC(=O)C2(c3[nH]c(=O)ccc3Cl)CC2)C(=O)O)nc1NC. The third-order valence-corrected chi connectivity index (χ3v) is 6.63. The van der Waals surface area contributed by atoms with Crippen LogP contribution in [0.2, 0.25) is 5.02 Å². The number of ether oxygens (including phenoxy) is 1. The molecule has 1 aliphatic carbocycles. The molecule has 3 rings (SSSR count). The molecule has 1 atom stereocenters. The van der Waals surface area contributed by atoms with E-state index in [-0.39, 0.29) is 23.6 Å². The average molecular weight is 505 g/mol. The third-order valence-electron chi connectivity index (χ3n) is 6.31. The van der Waals surface area contributed by atoms with Crippen LogP contribution in [0.25, 0.3) is 0 Å². The summed E-state index contributed by atoms with van der Waals surface area (Å²) in [5.74, 6) is -0.666. The van der Waals surface area contributed by atoms with Crippen LogP contribution in [0.1, 0.15) is 56.0 Å². The number of aromatic amines is 1. The maximum absolute atomic E-state index is 12.9. The number of nitrogens with zero attached hydrogens (tertiary/aromatic N) is 1. The number of carboxylic acids is 1. The van der Waals surface area contributed by atoms with Gasteiger partial charge in [-0.2, -0.15) is 0 Å². The number of halogens is 1. The summed E-state index contributed by atoms with van der Waals surface area (Å²) in [6.07, 6.45) is 4.61. The van der Waals surface area contributed by atoms with Crippen molar-refractivity contribution in [1.82, 2.24) is 15.3 Å². The Hall–Kier alpha value is -2.91. The lowest BCUT2D eigenvalue weighted by Gasteiger charge is -2.20. The maximum atomic E-state index is 12.9. The molecule has 1 saturated carbocycles. The van der Waals surface area contributed by atoms with Crippen molar-refractivity contribution >= 4 is 29.3 Å². The summed E-state index contributed by atoms with van der Waals surface area (Å²) >= 11 is 6.18. The number of carboxylic acid groups (broad SMARTS) is 1. The van der Waals surface area contributed by atoms with E-state index in [9.17, 15) is 19.5 Å². The molecular weight excluding hydrogens is 472 g/mol. The van der Waals surface area contributed by atoms with Gasteiger partial charge in [0.1, 0.15) is 11.9 Å². The number of rotatable bonds is 14. The molecule has 9 nitrogen and oxygen atoms in total. The number of carbonyl (C=O) groups is 2. The predicted molar refractivity (Wildman–Crippen MR) is 134 cm³/mol. The number of carbonyl (C=O) groups excluding carboxylic acids is 1. The zero-order valence-corrected chi connectivity index (χ0v) is 20.9. The number of hydrogen-bond acceptors (Lipinski definition) is 6. The molecule has 0 aromatic carbocycles. The second kappa shape index (κ2) is 12.2. The van der Waals surface area contributed by atoms with Gasteiger partial charge in [0.2, 0.25) is 11.5 Å². The Bertz CT molecular complexity index is 1100.